The number of nitriles is 1. The molecule has 0 unspecified atom stereocenters. The van der Waals surface area contributed by atoms with Gasteiger partial charge in [0.25, 0.3) is 0 Å². The Bertz CT molecular complexity index is 1080. The van der Waals surface area contributed by atoms with Crippen molar-refractivity contribution in [2.75, 3.05) is 12.3 Å². The number of nitrogen functional groups attached to an aromatic ring is 1. The SMILES string of the molecule is CCCCCCCOc1ccc(-c2cc(-c3cc(Cl)ccc3Cl)nc(N)c2C#N)cc1. The first-order chi connectivity index (χ1) is 15.0. The molecule has 0 radical (unpaired) electrons. The van der Waals surface area contributed by atoms with Crippen molar-refractivity contribution in [2.24, 2.45) is 0 Å². The highest BCUT2D eigenvalue weighted by Crippen LogP contribution is 2.35. The number of halogens is 2. The van der Waals surface area contributed by atoms with Crippen molar-refractivity contribution in [1.29, 1.82) is 5.26 Å². The third-order valence-corrected chi connectivity index (χ3v) is 5.61. The quantitative estimate of drug-likeness (QED) is 0.339. The van der Waals surface area contributed by atoms with Gasteiger partial charge in [-0.05, 0) is 48.4 Å². The molecule has 0 saturated heterocycles. The lowest BCUT2D eigenvalue weighted by molar-refractivity contribution is 0.304. The van der Waals surface area contributed by atoms with Gasteiger partial charge in [-0.25, -0.2) is 4.98 Å². The Morgan fingerprint density at radius 1 is 0.968 bits per heavy atom. The van der Waals surface area contributed by atoms with E-state index in [-0.39, 0.29) is 5.82 Å². The maximum absolute atomic E-state index is 9.64. The molecule has 0 amide bonds. The summed E-state index contributed by atoms with van der Waals surface area (Å²) in [6, 6.07) is 16.8. The van der Waals surface area contributed by atoms with Gasteiger partial charge in [-0.1, -0.05) is 67.9 Å². The van der Waals surface area contributed by atoms with Crippen molar-refractivity contribution in [2.45, 2.75) is 39.0 Å². The molecule has 4 nitrogen and oxygen atoms in total. The van der Waals surface area contributed by atoms with Crippen LogP contribution in [0.25, 0.3) is 22.4 Å². The molecule has 6 heteroatoms. The first kappa shape index (κ1) is 22.9. The number of anilines is 1. The van der Waals surface area contributed by atoms with E-state index in [0.717, 1.165) is 17.7 Å². The molecule has 2 N–H and O–H groups in total. The van der Waals surface area contributed by atoms with Crippen LogP contribution in [0.2, 0.25) is 10.0 Å². The summed E-state index contributed by atoms with van der Waals surface area (Å²) in [5, 5.41) is 10.7. The lowest BCUT2D eigenvalue weighted by Gasteiger charge is -2.12. The highest BCUT2D eigenvalue weighted by molar-refractivity contribution is 6.35. The topological polar surface area (TPSA) is 71.9 Å². The minimum absolute atomic E-state index is 0.151. The maximum atomic E-state index is 9.64. The molecule has 0 aliphatic rings. The number of benzene rings is 2. The molecule has 31 heavy (non-hydrogen) atoms. The third-order valence-electron chi connectivity index (χ3n) is 5.05. The Kier molecular flexibility index (Phi) is 8.17. The van der Waals surface area contributed by atoms with Crippen molar-refractivity contribution in [1.82, 2.24) is 4.98 Å². The molecular formula is C25H25Cl2N3O. The Labute approximate surface area is 193 Å². The van der Waals surface area contributed by atoms with E-state index in [2.05, 4.69) is 18.0 Å². The smallest absolute Gasteiger partial charge is 0.142 e. The fourth-order valence-corrected chi connectivity index (χ4v) is 3.75. The summed E-state index contributed by atoms with van der Waals surface area (Å²) >= 11 is 12.5. The summed E-state index contributed by atoms with van der Waals surface area (Å²) < 4.78 is 5.85. The second kappa shape index (κ2) is 11.0. The van der Waals surface area contributed by atoms with Crippen molar-refractivity contribution < 1.29 is 4.74 Å². The number of hydrogen-bond donors (Lipinski definition) is 1. The third kappa shape index (κ3) is 5.91. The van der Waals surface area contributed by atoms with Gasteiger partial charge in [0.2, 0.25) is 0 Å². The average molecular weight is 454 g/mol. The zero-order valence-corrected chi connectivity index (χ0v) is 19.0. The largest absolute Gasteiger partial charge is 0.494 e. The summed E-state index contributed by atoms with van der Waals surface area (Å²) in [7, 11) is 0. The van der Waals surface area contributed by atoms with Gasteiger partial charge in [0.1, 0.15) is 23.2 Å². The lowest BCUT2D eigenvalue weighted by atomic mass is 9.98. The zero-order valence-electron chi connectivity index (χ0n) is 17.5. The summed E-state index contributed by atoms with van der Waals surface area (Å²) in [6.45, 7) is 2.91. The van der Waals surface area contributed by atoms with Crippen LogP contribution < -0.4 is 10.5 Å². The summed E-state index contributed by atoms with van der Waals surface area (Å²) in [6.07, 6.45) is 5.98. The summed E-state index contributed by atoms with van der Waals surface area (Å²) in [4.78, 5) is 4.38. The van der Waals surface area contributed by atoms with Gasteiger partial charge >= 0.3 is 0 Å². The van der Waals surface area contributed by atoms with Crippen LogP contribution in [0.1, 0.15) is 44.6 Å². The van der Waals surface area contributed by atoms with E-state index in [0.29, 0.717) is 39.0 Å². The molecular weight excluding hydrogens is 429 g/mol. The number of nitrogens with zero attached hydrogens (tertiary/aromatic N) is 2. The molecule has 0 saturated carbocycles. The van der Waals surface area contributed by atoms with Gasteiger partial charge in [0.05, 0.1) is 17.3 Å². The Morgan fingerprint density at radius 3 is 2.42 bits per heavy atom. The van der Waals surface area contributed by atoms with Gasteiger partial charge < -0.3 is 10.5 Å². The Morgan fingerprint density at radius 2 is 1.71 bits per heavy atom. The van der Waals surface area contributed by atoms with E-state index < -0.39 is 0 Å². The molecule has 3 rings (SSSR count). The molecule has 0 atom stereocenters. The predicted molar refractivity (Wildman–Crippen MR) is 129 cm³/mol. The molecule has 2 aromatic carbocycles. The molecule has 0 aliphatic carbocycles. The number of hydrogen-bond acceptors (Lipinski definition) is 4. The van der Waals surface area contributed by atoms with Crippen LogP contribution in [0.4, 0.5) is 5.82 Å². The second-order valence-corrected chi connectivity index (χ2v) is 8.18. The second-order valence-electron chi connectivity index (χ2n) is 7.34. The first-order valence-electron chi connectivity index (χ1n) is 10.4. The maximum Gasteiger partial charge on any atom is 0.142 e. The van der Waals surface area contributed by atoms with Gasteiger partial charge in [0.15, 0.2) is 0 Å². The molecule has 0 spiro atoms. The van der Waals surface area contributed by atoms with Crippen LogP contribution in [-0.4, -0.2) is 11.6 Å². The number of ether oxygens (including phenoxy) is 1. The molecule has 1 aromatic heterocycles. The normalized spacial score (nSPS) is 10.6. The summed E-state index contributed by atoms with van der Waals surface area (Å²) in [5.41, 5.74) is 9.19. The number of rotatable bonds is 9. The number of nitrogens with two attached hydrogens (primary N) is 1. The first-order valence-corrected chi connectivity index (χ1v) is 11.2. The zero-order chi connectivity index (χ0) is 22.2. The van der Waals surface area contributed by atoms with Crippen LogP contribution in [0.15, 0.2) is 48.5 Å². The number of aromatic nitrogens is 1. The standard InChI is InChI=1S/C25H25Cl2N3O/c1-2-3-4-5-6-13-31-19-10-7-17(8-11-19)20-15-24(30-25(29)22(20)16-28)21-14-18(26)9-12-23(21)27/h7-12,14-15H,2-6,13H2,1H3,(H2,29,30). The van der Waals surface area contributed by atoms with Crippen molar-refractivity contribution in [3.8, 4) is 34.2 Å². The Balaban J connectivity index is 1.84. The van der Waals surface area contributed by atoms with Crippen molar-refractivity contribution in [3.63, 3.8) is 0 Å². The van der Waals surface area contributed by atoms with Gasteiger partial charge in [0, 0.05) is 16.1 Å². The van der Waals surface area contributed by atoms with Gasteiger partial charge in [-0.2, -0.15) is 5.26 Å². The molecule has 3 aromatic rings. The van der Waals surface area contributed by atoms with Crippen molar-refractivity contribution >= 4 is 29.0 Å². The molecule has 0 bridgehead atoms. The Hall–Kier alpha value is -2.74. The van der Waals surface area contributed by atoms with Crippen LogP contribution in [0.3, 0.4) is 0 Å². The average Bonchev–Trinajstić information content (AvgIpc) is 2.77. The fourth-order valence-electron chi connectivity index (χ4n) is 3.37. The number of unbranched alkanes of at least 4 members (excludes halogenated alkanes) is 4. The van der Waals surface area contributed by atoms with E-state index in [1.54, 1.807) is 18.2 Å². The van der Waals surface area contributed by atoms with Crippen LogP contribution in [0.5, 0.6) is 5.75 Å². The molecule has 0 fully saturated rings. The monoisotopic (exact) mass is 453 g/mol. The van der Waals surface area contributed by atoms with Crippen LogP contribution in [-0.2, 0) is 0 Å². The van der Waals surface area contributed by atoms with E-state index in [9.17, 15) is 5.26 Å². The van der Waals surface area contributed by atoms with Crippen LogP contribution in [0, 0.1) is 11.3 Å². The number of pyridine rings is 1. The molecule has 1 heterocycles. The van der Waals surface area contributed by atoms with Crippen molar-refractivity contribution in [3.05, 3.63) is 64.1 Å². The minimum Gasteiger partial charge on any atom is -0.494 e. The van der Waals surface area contributed by atoms with E-state index in [1.807, 2.05) is 30.3 Å². The van der Waals surface area contributed by atoms with E-state index >= 15 is 0 Å². The molecule has 0 aliphatic heterocycles. The van der Waals surface area contributed by atoms with Gasteiger partial charge in [-0.3, -0.25) is 0 Å². The highest BCUT2D eigenvalue weighted by Gasteiger charge is 2.15. The van der Waals surface area contributed by atoms with E-state index in [1.165, 1.54) is 25.7 Å². The van der Waals surface area contributed by atoms with Crippen LogP contribution >= 0.6 is 23.2 Å². The van der Waals surface area contributed by atoms with Gasteiger partial charge in [-0.15, -0.1) is 0 Å². The predicted octanol–water partition coefficient (Wildman–Crippen LogP) is 7.53. The summed E-state index contributed by atoms with van der Waals surface area (Å²) in [5.74, 6) is 0.955. The highest BCUT2D eigenvalue weighted by atomic mass is 35.5. The fraction of sp³-hybridized carbons (Fsp3) is 0.280. The molecule has 160 valence electrons. The van der Waals surface area contributed by atoms with E-state index in [4.69, 9.17) is 33.7 Å². The lowest BCUT2D eigenvalue weighted by Crippen LogP contribution is -2.00. The minimum atomic E-state index is 0.151.